The minimum Gasteiger partial charge on any atom is -0.354 e. The molecule has 1 aromatic heterocycles. The van der Waals surface area contributed by atoms with Gasteiger partial charge in [-0.2, -0.15) is 0 Å². The lowest BCUT2D eigenvalue weighted by atomic mass is 10.0. The van der Waals surface area contributed by atoms with Crippen LogP contribution < -0.4 is 10.2 Å². The van der Waals surface area contributed by atoms with Gasteiger partial charge in [-0.1, -0.05) is 41.9 Å². The van der Waals surface area contributed by atoms with Crippen molar-refractivity contribution in [2.75, 3.05) is 57.8 Å². The molecule has 2 aliphatic heterocycles. The van der Waals surface area contributed by atoms with Crippen molar-refractivity contribution >= 4 is 35.1 Å². The lowest BCUT2D eigenvalue weighted by Crippen LogP contribution is -2.44. The Bertz CT molecular complexity index is 967. The quantitative estimate of drug-likeness (QED) is 0.232. The molecule has 2 aliphatic rings. The molecule has 7 nitrogen and oxygen atoms in total. The van der Waals surface area contributed by atoms with Crippen LogP contribution in [0.2, 0.25) is 5.15 Å². The van der Waals surface area contributed by atoms with Gasteiger partial charge in [0.05, 0.1) is 0 Å². The molecule has 190 valence electrons. The summed E-state index contributed by atoms with van der Waals surface area (Å²) in [5.74, 6) is 1.60. The molecule has 0 bridgehead atoms. The third-order valence-electron chi connectivity index (χ3n) is 6.92. The number of piperidine rings is 1. The number of amides is 1. The normalized spacial score (nSPS) is 19.6. The first-order valence-corrected chi connectivity index (χ1v) is 14.1. The van der Waals surface area contributed by atoms with Crippen molar-refractivity contribution in [2.45, 2.75) is 49.6 Å². The maximum atomic E-state index is 12.5. The van der Waals surface area contributed by atoms with E-state index in [9.17, 15) is 4.79 Å². The van der Waals surface area contributed by atoms with Crippen LogP contribution in [-0.2, 0) is 5.75 Å². The molecular weight excluding hydrogens is 480 g/mol. The molecule has 0 saturated carbocycles. The Morgan fingerprint density at radius 2 is 1.89 bits per heavy atom. The molecule has 0 spiro atoms. The molecule has 9 heteroatoms. The fraction of sp³-hybridized carbons (Fsp3) is 0.577. The SMILES string of the molecule is CC1CCCCN1CCCNC(=O)c1ccc(CSc2nc(Cl)cc(N3CCN(C)CC3)n2)cc1. The van der Waals surface area contributed by atoms with Crippen LogP contribution in [0.5, 0.6) is 0 Å². The van der Waals surface area contributed by atoms with Crippen molar-refractivity contribution in [1.29, 1.82) is 0 Å². The van der Waals surface area contributed by atoms with E-state index in [4.69, 9.17) is 16.6 Å². The monoisotopic (exact) mass is 516 g/mol. The number of piperazine rings is 1. The van der Waals surface area contributed by atoms with Crippen molar-refractivity contribution in [3.8, 4) is 0 Å². The average molecular weight is 517 g/mol. The predicted octanol–water partition coefficient (Wildman–Crippen LogP) is 4.17. The Morgan fingerprint density at radius 3 is 2.63 bits per heavy atom. The zero-order valence-electron chi connectivity index (χ0n) is 20.9. The fourth-order valence-electron chi connectivity index (χ4n) is 4.62. The van der Waals surface area contributed by atoms with Crippen molar-refractivity contribution in [1.82, 2.24) is 25.1 Å². The number of nitrogens with one attached hydrogen (secondary N) is 1. The van der Waals surface area contributed by atoms with Crippen molar-refractivity contribution in [2.24, 2.45) is 0 Å². The topological polar surface area (TPSA) is 64.6 Å². The summed E-state index contributed by atoms with van der Waals surface area (Å²) in [7, 11) is 2.14. The van der Waals surface area contributed by atoms with Gasteiger partial charge >= 0.3 is 0 Å². The van der Waals surface area contributed by atoms with Gasteiger partial charge in [-0.3, -0.25) is 4.79 Å². The third kappa shape index (κ3) is 7.81. The predicted molar refractivity (Wildman–Crippen MR) is 145 cm³/mol. The van der Waals surface area contributed by atoms with Crippen LogP contribution >= 0.6 is 23.4 Å². The number of carbonyl (C=O) groups excluding carboxylic acids is 1. The second-order valence-electron chi connectivity index (χ2n) is 9.60. The van der Waals surface area contributed by atoms with Crippen LogP contribution in [0.3, 0.4) is 0 Å². The number of likely N-dealkylation sites (tertiary alicyclic amines) is 1. The molecule has 35 heavy (non-hydrogen) atoms. The number of hydrogen-bond donors (Lipinski definition) is 1. The van der Waals surface area contributed by atoms with E-state index in [1.165, 1.54) is 25.8 Å². The molecule has 0 aliphatic carbocycles. The molecule has 1 N–H and O–H groups in total. The summed E-state index contributed by atoms with van der Waals surface area (Å²) < 4.78 is 0. The lowest BCUT2D eigenvalue weighted by molar-refractivity contribution is 0.0949. The van der Waals surface area contributed by atoms with Gasteiger partial charge in [0.2, 0.25) is 0 Å². The van der Waals surface area contributed by atoms with Crippen LogP contribution in [0.15, 0.2) is 35.5 Å². The summed E-state index contributed by atoms with van der Waals surface area (Å²) in [6, 6.07) is 10.3. The number of benzene rings is 1. The fourth-order valence-corrected chi connectivity index (χ4v) is 5.66. The maximum absolute atomic E-state index is 12.5. The summed E-state index contributed by atoms with van der Waals surface area (Å²) in [5.41, 5.74) is 1.82. The summed E-state index contributed by atoms with van der Waals surface area (Å²) in [5, 5.41) is 4.21. The van der Waals surface area contributed by atoms with Crippen LogP contribution in [0.25, 0.3) is 0 Å². The molecule has 1 amide bonds. The smallest absolute Gasteiger partial charge is 0.251 e. The molecule has 1 unspecified atom stereocenters. The number of anilines is 1. The highest BCUT2D eigenvalue weighted by Gasteiger charge is 2.18. The van der Waals surface area contributed by atoms with Crippen LogP contribution in [0.4, 0.5) is 5.82 Å². The molecule has 1 atom stereocenters. The van der Waals surface area contributed by atoms with E-state index >= 15 is 0 Å². The minimum absolute atomic E-state index is 0.00844. The summed E-state index contributed by atoms with van der Waals surface area (Å²) in [4.78, 5) is 28.8. The Labute approximate surface area is 218 Å². The van der Waals surface area contributed by atoms with Gasteiger partial charge in [-0.15, -0.1) is 0 Å². The first kappa shape index (κ1) is 26.2. The van der Waals surface area contributed by atoms with Gasteiger partial charge in [0.15, 0.2) is 5.16 Å². The van der Waals surface area contributed by atoms with Crippen LogP contribution in [0, 0.1) is 0 Å². The third-order valence-corrected chi connectivity index (χ3v) is 8.03. The Balaban J connectivity index is 1.23. The number of carbonyl (C=O) groups is 1. The standard InChI is InChI=1S/C26H37ClN6OS/c1-20-6-3-4-12-32(20)13-5-11-28-25(34)22-9-7-21(8-10-22)19-35-26-29-23(27)18-24(30-26)33-16-14-31(2)15-17-33/h7-10,18,20H,3-6,11-17,19H2,1-2H3,(H,28,34). The van der Waals surface area contributed by atoms with Gasteiger partial charge in [-0.05, 0) is 57.5 Å². The Morgan fingerprint density at radius 1 is 1.11 bits per heavy atom. The lowest BCUT2D eigenvalue weighted by Gasteiger charge is -2.33. The number of hydrogen-bond acceptors (Lipinski definition) is 7. The van der Waals surface area contributed by atoms with Gasteiger partial charge < -0.3 is 20.0 Å². The van der Waals surface area contributed by atoms with Gasteiger partial charge in [0, 0.05) is 62.7 Å². The Hall–Kier alpha value is -1.87. The Kier molecular flexibility index (Phi) is 9.66. The van der Waals surface area contributed by atoms with Crippen molar-refractivity contribution < 1.29 is 4.79 Å². The van der Waals surface area contributed by atoms with E-state index in [0.29, 0.717) is 28.5 Å². The zero-order chi connectivity index (χ0) is 24.6. The molecule has 4 rings (SSSR count). The van der Waals surface area contributed by atoms with Crippen LogP contribution in [-0.4, -0.2) is 84.6 Å². The van der Waals surface area contributed by atoms with E-state index in [1.807, 2.05) is 30.3 Å². The van der Waals surface area contributed by atoms with E-state index in [-0.39, 0.29) is 5.91 Å². The number of nitrogens with zero attached hydrogens (tertiary/aromatic N) is 5. The minimum atomic E-state index is -0.00844. The number of aromatic nitrogens is 2. The van der Waals surface area contributed by atoms with E-state index in [1.54, 1.807) is 11.8 Å². The summed E-state index contributed by atoms with van der Waals surface area (Å²) in [6.45, 7) is 9.17. The van der Waals surface area contributed by atoms with Crippen LogP contribution in [0.1, 0.15) is 48.5 Å². The van der Waals surface area contributed by atoms with E-state index in [2.05, 4.69) is 39.0 Å². The van der Waals surface area contributed by atoms with Gasteiger partial charge in [0.1, 0.15) is 11.0 Å². The highest BCUT2D eigenvalue weighted by molar-refractivity contribution is 7.98. The molecule has 2 aromatic rings. The average Bonchev–Trinajstić information content (AvgIpc) is 2.86. The van der Waals surface area contributed by atoms with Crippen molar-refractivity contribution in [3.05, 3.63) is 46.6 Å². The first-order chi connectivity index (χ1) is 17.0. The van der Waals surface area contributed by atoms with E-state index in [0.717, 1.165) is 56.3 Å². The molecule has 3 heterocycles. The molecule has 2 fully saturated rings. The number of rotatable bonds is 9. The van der Waals surface area contributed by atoms with E-state index < -0.39 is 0 Å². The summed E-state index contributed by atoms with van der Waals surface area (Å²) >= 11 is 7.85. The first-order valence-electron chi connectivity index (χ1n) is 12.7. The zero-order valence-corrected chi connectivity index (χ0v) is 22.5. The largest absolute Gasteiger partial charge is 0.354 e. The molecule has 0 radical (unpaired) electrons. The molecule has 1 aromatic carbocycles. The highest BCUT2D eigenvalue weighted by atomic mass is 35.5. The molecule has 2 saturated heterocycles. The number of halogens is 1. The van der Waals surface area contributed by atoms with Crippen molar-refractivity contribution in [3.63, 3.8) is 0 Å². The maximum Gasteiger partial charge on any atom is 0.251 e. The van der Waals surface area contributed by atoms with Gasteiger partial charge in [-0.25, -0.2) is 9.97 Å². The number of thioether (sulfide) groups is 1. The molecular formula is C26H37ClN6OS. The number of likely N-dealkylation sites (N-methyl/N-ethyl adjacent to an activating group) is 1. The highest BCUT2D eigenvalue weighted by Crippen LogP contribution is 2.25. The summed E-state index contributed by atoms with van der Waals surface area (Å²) in [6.07, 6.45) is 4.91. The second-order valence-corrected chi connectivity index (χ2v) is 10.9. The second kappa shape index (κ2) is 12.9. The van der Waals surface area contributed by atoms with Gasteiger partial charge in [0.25, 0.3) is 5.91 Å².